The highest BCUT2D eigenvalue weighted by atomic mass is 16.5. The van der Waals surface area contributed by atoms with Gasteiger partial charge in [0.15, 0.2) is 0 Å². The molecule has 0 N–H and O–H groups in total. The zero-order chi connectivity index (χ0) is 34.9. The van der Waals surface area contributed by atoms with Gasteiger partial charge in [-0.15, -0.1) is 0 Å². The van der Waals surface area contributed by atoms with E-state index < -0.39 is 0 Å². The van der Waals surface area contributed by atoms with E-state index in [-0.39, 0.29) is 6.71 Å². The van der Waals surface area contributed by atoms with E-state index in [1.807, 2.05) is 12.1 Å². The third kappa shape index (κ3) is 4.71. The van der Waals surface area contributed by atoms with Crippen molar-refractivity contribution < 1.29 is 9.47 Å². The highest BCUT2D eigenvalue weighted by Crippen LogP contribution is 2.43. The van der Waals surface area contributed by atoms with Crippen molar-refractivity contribution in [3.05, 3.63) is 188 Å². The van der Waals surface area contributed by atoms with Crippen LogP contribution in [0.15, 0.2) is 188 Å². The van der Waals surface area contributed by atoms with Gasteiger partial charge in [0.1, 0.15) is 23.0 Å². The van der Waals surface area contributed by atoms with E-state index in [2.05, 4.69) is 185 Å². The predicted octanol–water partition coefficient (Wildman–Crippen LogP) is 10.6. The molecule has 0 saturated carbocycles. The van der Waals surface area contributed by atoms with Gasteiger partial charge in [0.2, 0.25) is 0 Å². The second-order valence-corrected chi connectivity index (χ2v) is 13.7. The summed E-state index contributed by atoms with van der Waals surface area (Å²) in [6.45, 7) is -0.0487. The second kappa shape index (κ2) is 11.8. The molecule has 0 amide bonds. The average molecular weight is 679 g/mol. The molecule has 2 aliphatic heterocycles. The van der Waals surface area contributed by atoms with Crippen LogP contribution in [0, 0.1) is 0 Å². The van der Waals surface area contributed by atoms with Gasteiger partial charge in [0, 0.05) is 39.0 Å². The molecular formula is C48H31BN2O2. The normalized spacial score (nSPS) is 12.4. The third-order valence-corrected chi connectivity index (χ3v) is 10.7. The Hall–Kier alpha value is -6.98. The third-order valence-electron chi connectivity index (χ3n) is 10.7. The maximum Gasteiger partial charge on any atom is 0.260 e. The second-order valence-electron chi connectivity index (χ2n) is 13.7. The summed E-state index contributed by atoms with van der Waals surface area (Å²) in [5, 5.41) is 2.31. The van der Waals surface area contributed by atoms with Gasteiger partial charge in [-0.3, -0.25) is 0 Å². The molecule has 0 saturated heterocycles. The number of anilines is 3. The molecule has 0 bridgehead atoms. The number of ether oxygens (including phenoxy) is 2. The molecule has 2 aliphatic rings. The van der Waals surface area contributed by atoms with E-state index in [4.69, 9.17) is 9.47 Å². The van der Waals surface area contributed by atoms with Crippen molar-refractivity contribution >= 4 is 62.0 Å². The van der Waals surface area contributed by atoms with Gasteiger partial charge in [0.05, 0.1) is 11.0 Å². The standard InChI is InChI=1S/C48H31BN2O2/c1-5-15-32(16-6-1)33-27-46-48-47(28-33)53-45-30-39-38-26-25-37(50(34-17-7-2-8-18-34)35-19-9-3-10-20-35)29-42(38)51(36-21-11-4-12-22-36)43(39)31-41(45)49(48)40-23-13-14-24-44(40)52-46/h1-31H. The lowest BCUT2D eigenvalue weighted by molar-refractivity contribution is 0.465. The molecule has 8 aromatic carbocycles. The van der Waals surface area contributed by atoms with Gasteiger partial charge in [-0.05, 0) is 101 Å². The first-order chi connectivity index (χ1) is 26.3. The molecule has 11 rings (SSSR count). The van der Waals surface area contributed by atoms with Crippen molar-refractivity contribution in [2.45, 2.75) is 0 Å². The number of para-hydroxylation sites is 4. The van der Waals surface area contributed by atoms with Crippen molar-refractivity contribution in [3.8, 4) is 39.8 Å². The summed E-state index contributed by atoms with van der Waals surface area (Å²) >= 11 is 0. The lowest BCUT2D eigenvalue weighted by atomic mass is 9.35. The van der Waals surface area contributed by atoms with Gasteiger partial charge in [0.25, 0.3) is 6.71 Å². The fourth-order valence-electron chi connectivity index (χ4n) is 8.34. The number of nitrogens with zero attached hydrogens (tertiary/aromatic N) is 2. The van der Waals surface area contributed by atoms with Crippen LogP contribution in [0.1, 0.15) is 0 Å². The molecule has 3 heterocycles. The van der Waals surface area contributed by atoms with Crippen LogP contribution < -0.4 is 30.8 Å². The van der Waals surface area contributed by atoms with Crippen LogP contribution >= 0.6 is 0 Å². The number of hydrogen-bond donors (Lipinski definition) is 0. The smallest absolute Gasteiger partial charge is 0.260 e. The minimum atomic E-state index is -0.0487. The van der Waals surface area contributed by atoms with Crippen LogP contribution in [-0.2, 0) is 0 Å². The Morgan fingerprint density at radius 2 is 0.981 bits per heavy atom. The lowest BCUT2D eigenvalue weighted by Gasteiger charge is -2.33. The summed E-state index contributed by atoms with van der Waals surface area (Å²) in [5.74, 6) is 3.42. The van der Waals surface area contributed by atoms with Gasteiger partial charge in [-0.1, -0.05) is 109 Å². The monoisotopic (exact) mass is 678 g/mol. The highest BCUT2D eigenvalue weighted by molar-refractivity contribution is 6.98. The van der Waals surface area contributed by atoms with Crippen molar-refractivity contribution in [2.75, 3.05) is 4.90 Å². The Bertz CT molecular complexity index is 2800. The molecule has 248 valence electrons. The Morgan fingerprint density at radius 1 is 0.396 bits per heavy atom. The quantitative estimate of drug-likeness (QED) is 0.170. The lowest BCUT2D eigenvalue weighted by Crippen LogP contribution is -2.57. The zero-order valence-electron chi connectivity index (χ0n) is 28.7. The van der Waals surface area contributed by atoms with E-state index in [0.29, 0.717) is 0 Å². The molecule has 0 aliphatic carbocycles. The average Bonchev–Trinajstić information content (AvgIpc) is 3.53. The summed E-state index contributed by atoms with van der Waals surface area (Å²) in [7, 11) is 0. The van der Waals surface area contributed by atoms with E-state index >= 15 is 0 Å². The summed E-state index contributed by atoms with van der Waals surface area (Å²) in [6.07, 6.45) is 0. The maximum absolute atomic E-state index is 6.95. The molecule has 0 unspecified atom stereocenters. The van der Waals surface area contributed by atoms with Crippen molar-refractivity contribution in [2.24, 2.45) is 0 Å². The summed E-state index contributed by atoms with van der Waals surface area (Å²) in [6, 6.07) is 66.5. The number of fused-ring (bicyclic) bond motifs is 7. The van der Waals surface area contributed by atoms with Crippen molar-refractivity contribution in [1.29, 1.82) is 0 Å². The molecule has 0 radical (unpaired) electrons. The van der Waals surface area contributed by atoms with E-state index in [0.717, 1.165) is 95.1 Å². The summed E-state index contributed by atoms with van der Waals surface area (Å²) in [5.41, 5.74) is 12.2. The Morgan fingerprint density at radius 3 is 1.68 bits per heavy atom. The number of rotatable bonds is 5. The van der Waals surface area contributed by atoms with Gasteiger partial charge in [-0.2, -0.15) is 0 Å². The molecule has 5 heteroatoms. The minimum Gasteiger partial charge on any atom is -0.458 e. The molecule has 0 spiro atoms. The van der Waals surface area contributed by atoms with Gasteiger partial charge in [-0.25, -0.2) is 0 Å². The zero-order valence-corrected chi connectivity index (χ0v) is 28.7. The Kier molecular flexibility index (Phi) is 6.61. The Balaban J connectivity index is 1.17. The van der Waals surface area contributed by atoms with Crippen LogP contribution in [0.25, 0.3) is 38.6 Å². The van der Waals surface area contributed by atoms with Crippen LogP contribution in [0.3, 0.4) is 0 Å². The van der Waals surface area contributed by atoms with Crippen LogP contribution in [0.5, 0.6) is 23.0 Å². The van der Waals surface area contributed by atoms with Crippen LogP contribution in [-0.4, -0.2) is 11.3 Å². The first-order valence-electron chi connectivity index (χ1n) is 18.0. The number of aromatic nitrogens is 1. The first-order valence-corrected chi connectivity index (χ1v) is 18.0. The SMILES string of the molecule is c1ccc(-c2cc3c4c(c2)Oc2cc5c6ccc(N(c7ccccc7)c7ccccc7)cc6n(-c6ccccc6)c5cc2B4c2ccccc2O3)cc1. The number of hydrogen-bond acceptors (Lipinski definition) is 3. The number of benzene rings is 8. The predicted molar refractivity (Wildman–Crippen MR) is 219 cm³/mol. The van der Waals surface area contributed by atoms with Gasteiger partial charge >= 0.3 is 0 Å². The fraction of sp³-hybridized carbons (Fsp3) is 0. The van der Waals surface area contributed by atoms with Crippen molar-refractivity contribution in [1.82, 2.24) is 4.57 Å². The molecular weight excluding hydrogens is 647 g/mol. The fourth-order valence-corrected chi connectivity index (χ4v) is 8.34. The maximum atomic E-state index is 6.95. The van der Waals surface area contributed by atoms with Crippen LogP contribution in [0.2, 0.25) is 0 Å². The molecule has 53 heavy (non-hydrogen) atoms. The Labute approximate surface area is 307 Å². The highest BCUT2D eigenvalue weighted by Gasteiger charge is 2.41. The summed E-state index contributed by atoms with van der Waals surface area (Å²) in [4.78, 5) is 2.32. The van der Waals surface area contributed by atoms with Crippen molar-refractivity contribution in [3.63, 3.8) is 0 Å². The van der Waals surface area contributed by atoms with E-state index in [9.17, 15) is 0 Å². The molecule has 0 fully saturated rings. The molecule has 0 atom stereocenters. The van der Waals surface area contributed by atoms with E-state index in [1.165, 1.54) is 0 Å². The summed E-state index contributed by atoms with van der Waals surface area (Å²) < 4.78 is 16.0. The van der Waals surface area contributed by atoms with E-state index in [1.54, 1.807) is 0 Å². The minimum absolute atomic E-state index is 0.0487. The molecule has 9 aromatic rings. The van der Waals surface area contributed by atoms with Crippen LogP contribution in [0.4, 0.5) is 17.1 Å². The van der Waals surface area contributed by atoms with Gasteiger partial charge < -0.3 is 18.9 Å². The first kappa shape index (κ1) is 29.7. The topological polar surface area (TPSA) is 26.6 Å². The molecule has 4 nitrogen and oxygen atoms in total. The largest absolute Gasteiger partial charge is 0.458 e. The molecule has 1 aromatic heterocycles.